The number of carbonyl (C=O) groups excluding carboxylic acids is 9. The Morgan fingerprint density at radius 3 is 1.68 bits per heavy atom. The van der Waals surface area contributed by atoms with E-state index in [4.69, 9.17) is 22.9 Å². The number of amides is 9. The molecule has 0 saturated carbocycles. The number of hydrogen-bond acceptors (Lipinski definition) is 15. The fourth-order valence-electron chi connectivity index (χ4n) is 5.60. The van der Waals surface area contributed by atoms with E-state index in [2.05, 4.69) is 47.5 Å². The average Bonchev–Trinajstić information content (AvgIpc) is 3.26. The smallest absolute Gasteiger partial charge is 0.326 e. The molecule has 0 saturated heterocycles. The van der Waals surface area contributed by atoms with E-state index in [1.807, 2.05) is 0 Å². The minimum Gasteiger partial charge on any atom is -0.480 e. The first-order valence-corrected chi connectivity index (χ1v) is 22.0. The molecule has 0 fully saturated rings. The molecule has 368 valence electrons. The van der Waals surface area contributed by atoms with Crippen molar-refractivity contribution < 1.29 is 63.3 Å². The number of guanidine groups is 1. The number of carboxylic acids is 1. The van der Waals surface area contributed by atoms with Gasteiger partial charge in [0, 0.05) is 19.4 Å². The summed E-state index contributed by atoms with van der Waals surface area (Å²) in [6.07, 6.45) is 1.09. The molecule has 0 spiro atoms. The lowest BCUT2D eigenvalue weighted by Gasteiger charge is -2.26. The third-order valence-electron chi connectivity index (χ3n) is 9.27. The predicted molar refractivity (Wildman–Crippen MR) is 239 cm³/mol. The Hall–Kier alpha value is -6.58. The first-order chi connectivity index (χ1) is 31.1. The van der Waals surface area contributed by atoms with Gasteiger partial charge in [0.2, 0.25) is 53.2 Å². The normalized spacial score (nSPS) is 14.4. The number of primary amides is 1. The molecule has 1 rings (SSSR count). The quantitative estimate of drug-likeness (QED) is 0.0187. The van der Waals surface area contributed by atoms with Gasteiger partial charge in [0.05, 0.1) is 25.8 Å². The Labute approximate surface area is 384 Å². The van der Waals surface area contributed by atoms with E-state index in [-0.39, 0.29) is 44.6 Å². The molecular weight excluding hydrogens is 891 g/mol. The van der Waals surface area contributed by atoms with E-state index in [0.717, 1.165) is 0 Å². The second-order valence-corrected chi connectivity index (χ2v) is 15.8. The van der Waals surface area contributed by atoms with Crippen LogP contribution in [-0.2, 0) is 54.4 Å². The molecule has 27 heteroatoms. The minimum absolute atomic E-state index is 0.0410. The Bertz CT molecular complexity index is 1850. The molecule has 0 radical (unpaired) electrons. The number of carbonyl (C=O) groups is 10. The van der Waals surface area contributed by atoms with Crippen LogP contribution in [0.4, 0.5) is 0 Å². The van der Waals surface area contributed by atoms with Crippen molar-refractivity contribution in [2.75, 3.05) is 38.3 Å². The van der Waals surface area contributed by atoms with Crippen molar-refractivity contribution in [1.29, 1.82) is 0 Å². The zero-order valence-electron chi connectivity index (χ0n) is 36.9. The molecule has 1 aromatic carbocycles. The molecule has 0 unspecified atom stereocenters. The van der Waals surface area contributed by atoms with Crippen LogP contribution in [-0.4, -0.2) is 167 Å². The van der Waals surface area contributed by atoms with Crippen molar-refractivity contribution in [2.45, 2.75) is 101 Å². The van der Waals surface area contributed by atoms with Crippen molar-refractivity contribution in [3.8, 4) is 0 Å². The van der Waals surface area contributed by atoms with Gasteiger partial charge in [-0.25, -0.2) is 4.79 Å². The number of nitrogens with one attached hydrogen (secondary N) is 8. The first kappa shape index (κ1) is 57.4. The second-order valence-electron chi connectivity index (χ2n) is 14.8. The number of aliphatic hydroxyl groups excluding tert-OH is 2. The molecule has 26 nitrogen and oxygen atoms in total. The van der Waals surface area contributed by atoms with Crippen LogP contribution in [0.3, 0.4) is 0 Å². The van der Waals surface area contributed by atoms with Gasteiger partial charge >= 0.3 is 5.97 Å². The van der Waals surface area contributed by atoms with Crippen molar-refractivity contribution in [3.63, 3.8) is 0 Å². The van der Waals surface area contributed by atoms with Crippen LogP contribution in [0, 0.1) is 0 Å². The molecule has 9 amide bonds. The number of thioether (sulfide) groups is 1. The highest BCUT2D eigenvalue weighted by atomic mass is 32.2. The van der Waals surface area contributed by atoms with Gasteiger partial charge in [-0.2, -0.15) is 11.8 Å². The third kappa shape index (κ3) is 22.4. The van der Waals surface area contributed by atoms with Gasteiger partial charge in [0.25, 0.3) is 0 Å². The number of nitrogens with zero attached hydrogens (tertiary/aromatic N) is 1. The highest BCUT2D eigenvalue weighted by molar-refractivity contribution is 7.98. The predicted octanol–water partition coefficient (Wildman–Crippen LogP) is -6.75. The summed E-state index contributed by atoms with van der Waals surface area (Å²) in [7, 11) is 0. The molecule has 8 atom stereocenters. The van der Waals surface area contributed by atoms with Crippen LogP contribution in [0.2, 0.25) is 0 Å². The van der Waals surface area contributed by atoms with Crippen molar-refractivity contribution in [3.05, 3.63) is 35.9 Å². The topological polar surface area (TPSA) is 444 Å². The van der Waals surface area contributed by atoms with Gasteiger partial charge in [0.15, 0.2) is 5.96 Å². The molecule has 0 aliphatic rings. The molecule has 0 aliphatic heterocycles. The molecule has 0 aliphatic carbocycles. The summed E-state index contributed by atoms with van der Waals surface area (Å²) in [6, 6.07) is -2.50. The summed E-state index contributed by atoms with van der Waals surface area (Å²) in [6.45, 7) is -0.0808. The minimum atomic E-state index is -1.66. The van der Waals surface area contributed by atoms with Crippen molar-refractivity contribution in [2.24, 2.45) is 27.9 Å². The van der Waals surface area contributed by atoms with E-state index < -0.39 is 134 Å². The number of hydrogen-bond donors (Lipinski definition) is 15. The number of benzene rings is 1. The summed E-state index contributed by atoms with van der Waals surface area (Å²) in [5.74, 6) is -9.46. The van der Waals surface area contributed by atoms with Gasteiger partial charge in [-0.3, -0.25) is 48.1 Å². The fourth-order valence-corrected chi connectivity index (χ4v) is 6.07. The maximum atomic E-state index is 13.8. The number of carboxylic acid groups (broad SMARTS) is 1. The Kier molecular flexibility index (Phi) is 26.6. The molecule has 19 N–H and O–H groups in total. The summed E-state index contributed by atoms with van der Waals surface area (Å²) in [5.41, 5.74) is 22.2. The van der Waals surface area contributed by atoms with Gasteiger partial charge in [-0.05, 0) is 57.1 Å². The lowest BCUT2D eigenvalue weighted by atomic mass is 10.0. The lowest BCUT2D eigenvalue weighted by Crippen LogP contribution is -2.59. The van der Waals surface area contributed by atoms with Crippen LogP contribution in [0.25, 0.3) is 0 Å². The highest BCUT2D eigenvalue weighted by Gasteiger charge is 2.32. The molecule has 0 bridgehead atoms. The van der Waals surface area contributed by atoms with E-state index in [9.17, 15) is 63.3 Å². The number of rotatable bonds is 31. The van der Waals surface area contributed by atoms with Crippen LogP contribution in [0.1, 0.15) is 51.5 Å². The van der Waals surface area contributed by atoms with Crippen molar-refractivity contribution in [1.82, 2.24) is 42.5 Å². The first-order valence-electron chi connectivity index (χ1n) is 20.6. The molecular formula is C39H63N13O13S. The summed E-state index contributed by atoms with van der Waals surface area (Å²) in [4.78, 5) is 132. The third-order valence-corrected chi connectivity index (χ3v) is 9.91. The standard InChI is InChI=1S/C39H63N13O13S/c1-20(40)31(57)51-28(19-54)37(63)52-27(18-53)33(59)45-17-30(56)47-24(11-12-29(41)55)34(60)46-21(2)32(58)48-23(10-7-14-44-39(42)43)35(61)49-25(13-15-66-3)36(62)50-26(38(64)65)16-22-8-5-4-6-9-22/h4-6,8-9,20-21,23-28,53-54H,7,10-19,40H2,1-3H3,(H2,41,55)(H,45,59)(H,46,60)(H,47,56)(H,48,58)(H,49,61)(H,50,62)(H,51,57)(H,52,63)(H,64,65)(H4,42,43,44)/t20-,21-,23-,24-,25-,26-,27-,28-/m0/s1. The van der Waals surface area contributed by atoms with E-state index in [1.54, 1.807) is 36.6 Å². The van der Waals surface area contributed by atoms with E-state index in [0.29, 0.717) is 11.3 Å². The summed E-state index contributed by atoms with van der Waals surface area (Å²) < 4.78 is 0. The van der Waals surface area contributed by atoms with Crippen LogP contribution >= 0.6 is 11.8 Å². The molecule has 0 heterocycles. The van der Waals surface area contributed by atoms with Gasteiger partial charge in [-0.1, -0.05) is 30.3 Å². The number of aliphatic hydroxyl groups is 2. The number of nitrogens with two attached hydrogens (primary N) is 4. The zero-order valence-corrected chi connectivity index (χ0v) is 37.7. The molecule has 0 aromatic heterocycles. The lowest BCUT2D eigenvalue weighted by molar-refractivity contribution is -0.142. The molecule has 1 aromatic rings. The maximum Gasteiger partial charge on any atom is 0.326 e. The fraction of sp³-hybridized carbons (Fsp3) is 0.564. The highest BCUT2D eigenvalue weighted by Crippen LogP contribution is 2.08. The van der Waals surface area contributed by atoms with Gasteiger partial charge in [0.1, 0.15) is 42.3 Å². The average molecular weight is 954 g/mol. The van der Waals surface area contributed by atoms with E-state index >= 15 is 0 Å². The maximum absolute atomic E-state index is 13.8. The SMILES string of the molecule is CSCC[C@H](NC(=O)[C@H](CCCN=C(N)N)NC(=O)[C@H](C)NC(=O)[C@H](CCC(N)=O)NC(=O)CNC(=O)[C@H](CO)NC(=O)[C@H](CO)NC(=O)[C@H](C)N)C(=O)N[C@@H](Cc1ccccc1)C(=O)O. The van der Waals surface area contributed by atoms with Crippen LogP contribution in [0.5, 0.6) is 0 Å². The Morgan fingerprint density at radius 2 is 1.14 bits per heavy atom. The Morgan fingerprint density at radius 1 is 0.636 bits per heavy atom. The zero-order chi connectivity index (χ0) is 49.9. The number of aliphatic carboxylic acids is 1. The van der Waals surface area contributed by atoms with E-state index in [1.165, 1.54) is 25.6 Å². The second kappa shape index (κ2) is 30.5. The largest absolute Gasteiger partial charge is 0.480 e. The summed E-state index contributed by atoms with van der Waals surface area (Å²) in [5, 5.41) is 47.7. The molecule has 66 heavy (non-hydrogen) atoms. The van der Waals surface area contributed by atoms with Gasteiger partial charge in [-0.15, -0.1) is 0 Å². The Balaban J connectivity index is 3.12. The summed E-state index contributed by atoms with van der Waals surface area (Å²) >= 11 is 1.36. The van der Waals surface area contributed by atoms with Crippen LogP contribution < -0.4 is 65.5 Å². The van der Waals surface area contributed by atoms with Crippen LogP contribution in [0.15, 0.2) is 35.3 Å². The van der Waals surface area contributed by atoms with Crippen molar-refractivity contribution >= 4 is 76.9 Å². The van der Waals surface area contributed by atoms with Gasteiger partial charge < -0.3 is 80.8 Å². The monoisotopic (exact) mass is 953 g/mol. The number of aliphatic imine (C=N–C) groups is 1.